The Morgan fingerprint density at radius 3 is 2.62 bits per heavy atom. The maximum Gasteiger partial charge on any atom is 0.411 e. The van der Waals surface area contributed by atoms with Gasteiger partial charge < -0.3 is 10.1 Å². The molecule has 0 saturated heterocycles. The normalized spacial score (nSPS) is 11.9. The van der Waals surface area contributed by atoms with Crippen LogP contribution in [0.5, 0.6) is 0 Å². The first kappa shape index (κ1) is 12.8. The molecule has 0 bridgehead atoms. The molecule has 0 aliphatic carbocycles. The molecule has 0 heterocycles. The number of benzene rings is 1. The predicted molar refractivity (Wildman–Crippen MR) is 64.9 cm³/mol. The number of halogens is 1. The van der Waals surface area contributed by atoms with E-state index in [2.05, 4.69) is 10.6 Å². The molecule has 1 amide bonds. The van der Waals surface area contributed by atoms with E-state index in [1.165, 1.54) is 0 Å². The minimum absolute atomic E-state index is 0.169. The number of carbonyl (C=O) groups is 1. The summed E-state index contributed by atoms with van der Waals surface area (Å²) in [5.74, 6) is 0. The molecule has 88 valence electrons. The highest BCUT2D eigenvalue weighted by atomic mass is 35.5. The first-order chi connectivity index (χ1) is 7.61. The van der Waals surface area contributed by atoms with Crippen LogP contribution in [0.2, 0.25) is 5.02 Å². The molecular weight excluding hydrogens is 228 g/mol. The summed E-state index contributed by atoms with van der Waals surface area (Å²) in [6.45, 7) is 2.44. The van der Waals surface area contributed by atoms with Crippen molar-refractivity contribution in [1.82, 2.24) is 5.32 Å². The highest BCUT2D eigenvalue weighted by molar-refractivity contribution is 6.30. The molecule has 0 saturated carbocycles. The van der Waals surface area contributed by atoms with Crippen molar-refractivity contribution in [2.24, 2.45) is 0 Å². The Kier molecular flexibility index (Phi) is 5.08. The lowest BCUT2D eigenvalue weighted by atomic mass is 10.3. The first-order valence-electron chi connectivity index (χ1n) is 4.99. The van der Waals surface area contributed by atoms with Crippen LogP contribution >= 0.6 is 11.6 Å². The molecule has 1 rings (SSSR count). The van der Waals surface area contributed by atoms with E-state index in [9.17, 15) is 4.79 Å². The third kappa shape index (κ3) is 4.51. The van der Waals surface area contributed by atoms with Gasteiger partial charge in [-0.25, -0.2) is 4.79 Å². The number of ether oxygens (including phenoxy) is 1. The van der Waals surface area contributed by atoms with Gasteiger partial charge in [0.05, 0.1) is 0 Å². The standard InChI is InChI=1S/C11H15ClN2O2/c1-8(7-13-2)16-11(15)14-10-5-3-9(12)4-6-10/h3-6,8,13H,7H2,1-2H3,(H,14,15). The molecule has 1 aromatic carbocycles. The van der Waals surface area contributed by atoms with Crippen LogP contribution in [0.1, 0.15) is 6.92 Å². The van der Waals surface area contributed by atoms with Crippen LogP contribution in [0.4, 0.5) is 10.5 Å². The molecule has 0 spiro atoms. The Bertz CT molecular complexity index is 340. The molecular formula is C11H15ClN2O2. The molecule has 0 radical (unpaired) electrons. The number of likely N-dealkylation sites (N-methyl/N-ethyl adjacent to an activating group) is 1. The van der Waals surface area contributed by atoms with Crippen molar-refractivity contribution in [3.8, 4) is 0 Å². The van der Waals surface area contributed by atoms with Crippen molar-refractivity contribution in [3.63, 3.8) is 0 Å². The monoisotopic (exact) mass is 242 g/mol. The largest absolute Gasteiger partial charge is 0.445 e. The van der Waals surface area contributed by atoms with E-state index < -0.39 is 6.09 Å². The second-order valence-electron chi connectivity index (χ2n) is 3.41. The van der Waals surface area contributed by atoms with Crippen molar-refractivity contribution in [1.29, 1.82) is 0 Å². The number of hydrogen-bond acceptors (Lipinski definition) is 3. The van der Waals surface area contributed by atoms with E-state index >= 15 is 0 Å². The SMILES string of the molecule is CNCC(C)OC(=O)Nc1ccc(Cl)cc1. The number of carbonyl (C=O) groups excluding carboxylic acids is 1. The van der Waals surface area contributed by atoms with Crippen LogP contribution < -0.4 is 10.6 Å². The molecule has 0 aliphatic heterocycles. The van der Waals surface area contributed by atoms with Gasteiger partial charge in [0.1, 0.15) is 6.10 Å². The first-order valence-corrected chi connectivity index (χ1v) is 5.37. The van der Waals surface area contributed by atoms with Gasteiger partial charge in [-0.2, -0.15) is 0 Å². The average Bonchev–Trinajstić information content (AvgIpc) is 2.21. The average molecular weight is 243 g/mol. The smallest absolute Gasteiger partial charge is 0.411 e. The summed E-state index contributed by atoms with van der Waals surface area (Å²) in [5, 5.41) is 6.16. The zero-order valence-electron chi connectivity index (χ0n) is 9.29. The summed E-state index contributed by atoms with van der Waals surface area (Å²) in [6, 6.07) is 6.83. The molecule has 16 heavy (non-hydrogen) atoms. The molecule has 2 N–H and O–H groups in total. The maximum absolute atomic E-state index is 11.4. The van der Waals surface area contributed by atoms with Gasteiger partial charge in [-0.1, -0.05) is 11.6 Å². The molecule has 4 nitrogen and oxygen atoms in total. The molecule has 5 heteroatoms. The number of rotatable bonds is 4. The maximum atomic E-state index is 11.4. The second kappa shape index (κ2) is 6.35. The zero-order chi connectivity index (χ0) is 12.0. The Balaban J connectivity index is 2.42. The number of hydrogen-bond donors (Lipinski definition) is 2. The molecule has 0 aliphatic rings. The Hall–Kier alpha value is -1.26. The second-order valence-corrected chi connectivity index (χ2v) is 3.84. The minimum atomic E-state index is -0.468. The third-order valence-corrected chi connectivity index (χ3v) is 2.14. The van der Waals surface area contributed by atoms with Crippen molar-refractivity contribution >= 4 is 23.4 Å². The van der Waals surface area contributed by atoms with E-state index in [0.717, 1.165) is 0 Å². The van der Waals surface area contributed by atoms with E-state index in [1.807, 2.05) is 6.92 Å². The minimum Gasteiger partial charge on any atom is -0.445 e. The fraction of sp³-hybridized carbons (Fsp3) is 0.364. The molecule has 0 aromatic heterocycles. The lowest BCUT2D eigenvalue weighted by Gasteiger charge is -2.13. The Labute approximate surface area is 99.9 Å². The van der Waals surface area contributed by atoms with Crippen LogP contribution in [0, 0.1) is 0 Å². The third-order valence-electron chi connectivity index (χ3n) is 1.89. The fourth-order valence-electron chi connectivity index (χ4n) is 1.19. The van der Waals surface area contributed by atoms with Crippen LogP contribution in [0.25, 0.3) is 0 Å². The zero-order valence-corrected chi connectivity index (χ0v) is 10.0. The Morgan fingerprint density at radius 1 is 1.44 bits per heavy atom. The van der Waals surface area contributed by atoms with E-state index in [-0.39, 0.29) is 6.10 Å². The van der Waals surface area contributed by atoms with Gasteiger partial charge in [0, 0.05) is 17.3 Å². The summed E-state index contributed by atoms with van der Waals surface area (Å²) >= 11 is 5.72. The lowest BCUT2D eigenvalue weighted by Crippen LogP contribution is -2.28. The van der Waals surface area contributed by atoms with Crippen LogP contribution in [-0.2, 0) is 4.74 Å². The van der Waals surface area contributed by atoms with Gasteiger partial charge in [-0.3, -0.25) is 5.32 Å². The van der Waals surface area contributed by atoms with Gasteiger partial charge in [-0.05, 0) is 38.2 Å². The van der Waals surface area contributed by atoms with Crippen molar-refractivity contribution in [2.45, 2.75) is 13.0 Å². The number of anilines is 1. The summed E-state index contributed by atoms with van der Waals surface area (Å²) in [4.78, 5) is 11.4. The topological polar surface area (TPSA) is 50.4 Å². The van der Waals surface area contributed by atoms with Gasteiger partial charge in [0.2, 0.25) is 0 Å². The van der Waals surface area contributed by atoms with Gasteiger partial charge in [0.25, 0.3) is 0 Å². The highest BCUT2D eigenvalue weighted by Crippen LogP contribution is 2.13. The summed E-state index contributed by atoms with van der Waals surface area (Å²) in [6.07, 6.45) is -0.637. The van der Waals surface area contributed by atoms with E-state index in [1.54, 1.807) is 31.3 Å². The molecule has 1 atom stereocenters. The number of nitrogens with one attached hydrogen (secondary N) is 2. The van der Waals surface area contributed by atoms with E-state index in [0.29, 0.717) is 17.3 Å². The van der Waals surface area contributed by atoms with Crippen molar-refractivity contribution in [2.75, 3.05) is 18.9 Å². The quantitative estimate of drug-likeness (QED) is 0.853. The van der Waals surface area contributed by atoms with Gasteiger partial charge in [-0.15, -0.1) is 0 Å². The summed E-state index contributed by atoms with van der Waals surface area (Å²) in [7, 11) is 1.80. The molecule has 1 unspecified atom stereocenters. The summed E-state index contributed by atoms with van der Waals surface area (Å²) in [5.41, 5.74) is 0.658. The van der Waals surface area contributed by atoms with Crippen LogP contribution in [0.15, 0.2) is 24.3 Å². The van der Waals surface area contributed by atoms with Gasteiger partial charge >= 0.3 is 6.09 Å². The predicted octanol–water partition coefficient (Wildman–Crippen LogP) is 2.50. The summed E-state index contributed by atoms with van der Waals surface area (Å²) < 4.78 is 5.08. The van der Waals surface area contributed by atoms with Crippen LogP contribution in [0.3, 0.4) is 0 Å². The lowest BCUT2D eigenvalue weighted by molar-refractivity contribution is 0.121. The number of amides is 1. The van der Waals surface area contributed by atoms with Gasteiger partial charge in [0.15, 0.2) is 0 Å². The van der Waals surface area contributed by atoms with Crippen molar-refractivity contribution < 1.29 is 9.53 Å². The highest BCUT2D eigenvalue weighted by Gasteiger charge is 2.08. The fourth-order valence-corrected chi connectivity index (χ4v) is 1.32. The molecule has 1 aromatic rings. The van der Waals surface area contributed by atoms with Crippen molar-refractivity contribution in [3.05, 3.63) is 29.3 Å². The Morgan fingerprint density at radius 2 is 2.06 bits per heavy atom. The van der Waals surface area contributed by atoms with E-state index in [4.69, 9.17) is 16.3 Å². The molecule has 0 fully saturated rings. The van der Waals surface area contributed by atoms with Crippen LogP contribution in [-0.4, -0.2) is 25.8 Å².